The van der Waals surface area contributed by atoms with Crippen molar-refractivity contribution in [2.24, 2.45) is 0 Å². The Morgan fingerprint density at radius 1 is 1.44 bits per heavy atom. The van der Waals surface area contributed by atoms with E-state index in [0.29, 0.717) is 17.8 Å². The van der Waals surface area contributed by atoms with E-state index in [1.54, 1.807) is 0 Å². The summed E-state index contributed by atoms with van der Waals surface area (Å²) >= 11 is 1.53. The van der Waals surface area contributed by atoms with E-state index in [1.165, 1.54) is 11.3 Å². The van der Waals surface area contributed by atoms with Gasteiger partial charge in [-0.1, -0.05) is 11.3 Å². The van der Waals surface area contributed by atoms with Crippen molar-refractivity contribution in [3.05, 3.63) is 23.5 Å². The Hall–Kier alpha value is -1.47. The lowest BCUT2D eigenvalue weighted by Gasteiger charge is -2.38. The molecule has 7 heteroatoms. The summed E-state index contributed by atoms with van der Waals surface area (Å²) in [6.45, 7) is 5.48. The van der Waals surface area contributed by atoms with Crippen molar-refractivity contribution >= 4 is 11.3 Å². The van der Waals surface area contributed by atoms with Gasteiger partial charge in [0, 0.05) is 25.5 Å². The summed E-state index contributed by atoms with van der Waals surface area (Å²) in [6.07, 6.45) is 3.84. The molecule has 3 heterocycles. The molecule has 3 rings (SSSR count). The molecule has 0 aromatic carbocycles. The van der Waals surface area contributed by atoms with Crippen molar-refractivity contribution < 1.29 is 4.74 Å². The Labute approximate surface area is 109 Å². The molecule has 1 saturated heterocycles. The standard InChI is InChI=1S/C11H15N5OS/c1-2-17-11-14-13-10(18-11)8-15-6-9(7-15)16-5-3-4-12-16/h3-5,9H,2,6-8H2,1H3. The first-order valence-corrected chi connectivity index (χ1v) is 6.83. The van der Waals surface area contributed by atoms with Crippen molar-refractivity contribution in [2.45, 2.75) is 19.5 Å². The summed E-state index contributed by atoms with van der Waals surface area (Å²) in [5.41, 5.74) is 0. The smallest absolute Gasteiger partial charge is 0.294 e. The highest BCUT2D eigenvalue weighted by atomic mass is 32.1. The zero-order chi connectivity index (χ0) is 12.4. The number of likely N-dealkylation sites (tertiary alicyclic amines) is 1. The molecular weight excluding hydrogens is 250 g/mol. The lowest BCUT2D eigenvalue weighted by molar-refractivity contribution is 0.0906. The zero-order valence-electron chi connectivity index (χ0n) is 10.2. The molecule has 1 fully saturated rings. The van der Waals surface area contributed by atoms with Crippen LogP contribution in [0.1, 0.15) is 18.0 Å². The van der Waals surface area contributed by atoms with Gasteiger partial charge in [0.25, 0.3) is 5.19 Å². The van der Waals surface area contributed by atoms with Gasteiger partial charge in [0.05, 0.1) is 19.2 Å². The normalized spacial score (nSPS) is 16.7. The molecule has 0 bridgehead atoms. The molecule has 1 aliphatic heterocycles. The van der Waals surface area contributed by atoms with Crippen molar-refractivity contribution in [3.8, 4) is 5.19 Å². The first-order valence-electron chi connectivity index (χ1n) is 6.02. The monoisotopic (exact) mass is 265 g/mol. The van der Waals surface area contributed by atoms with Gasteiger partial charge < -0.3 is 4.74 Å². The van der Waals surface area contributed by atoms with Crippen LogP contribution in [0.25, 0.3) is 0 Å². The molecule has 0 aliphatic carbocycles. The molecular formula is C11H15N5OS. The third-order valence-corrected chi connectivity index (χ3v) is 3.73. The van der Waals surface area contributed by atoms with Crippen molar-refractivity contribution in [2.75, 3.05) is 19.7 Å². The lowest BCUT2D eigenvalue weighted by Crippen LogP contribution is -2.47. The van der Waals surface area contributed by atoms with E-state index in [1.807, 2.05) is 30.1 Å². The fraction of sp³-hybridized carbons (Fsp3) is 0.545. The van der Waals surface area contributed by atoms with Crippen LogP contribution in [-0.2, 0) is 6.54 Å². The number of rotatable bonds is 5. The minimum atomic E-state index is 0.499. The summed E-state index contributed by atoms with van der Waals surface area (Å²) < 4.78 is 7.33. The van der Waals surface area contributed by atoms with Gasteiger partial charge in [-0.3, -0.25) is 9.58 Å². The minimum absolute atomic E-state index is 0.499. The van der Waals surface area contributed by atoms with Crippen molar-refractivity contribution in [3.63, 3.8) is 0 Å². The number of ether oxygens (including phenoxy) is 1. The van der Waals surface area contributed by atoms with Crippen LogP contribution in [0.2, 0.25) is 0 Å². The third-order valence-electron chi connectivity index (χ3n) is 2.91. The summed E-state index contributed by atoms with van der Waals surface area (Å²) in [5.74, 6) is 0. The second-order valence-corrected chi connectivity index (χ2v) is 5.25. The van der Waals surface area contributed by atoms with Crippen LogP contribution >= 0.6 is 11.3 Å². The fourth-order valence-electron chi connectivity index (χ4n) is 2.01. The van der Waals surface area contributed by atoms with Crippen LogP contribution < -0.4 is 4.74 Å². The van der Waals surface area contributed by atoms with Gasteiger partial charge in [0.2, 0.25) is 0 Å². The van der Waals surface area contributed by atoms with Crippen LogP contribution in [0.15, 0.2) is 18.5 Å². The summed E-state index contributed by atoms with van der Waals surface area (Å²) in [6, 6.07) is 2.46. The molecule has 6 nitrogen and oxygen atoms in total. The molecule has 0 atom stereocenters. The summed E-state index contributed by atoms with van der Waals surface area (Å²) in [5, 5.41) is 14.0. The molecule has 0 radical (unpaired) electrons. The van der Waals surface area contributed by atoms with E-state index in [-0.39, 0.29) is 0 Å². The predicted molar refractivity (Wildman–Crippen MR) is 67.6 cm³/mol. The molecule has 0 unspecified atom stereocenters. The average molecular weight is 265 g/mol. The Morgan fingerprint density at radius 3 is 3.06 bits per heavy atom. The predicted octanol–water partition coefficient (Wildman–Crippen LogP) is 1.19. The van der Waals surface area contributed by atoms with Gasteiger partial charge in [-0.05, 0) is 13.0 Å². The molecule has 0 amide bonds. The SMILES string of the molecule is CCOc1nnc(CN2CC(n3cccn3)C2)s1. The molecule has 0 spiro atoms. The quantitative estimate of drug-likeness (QED) is 0.813. The largest absolute Gasteiger partial charge is 0.469 e. The molecule has 0 saturated carbocycles. The van der Waals surface area contributed by atoms with Crippen LogP contribution in [-0.4, -0.2) is 44.6 Å². The second-order valence-electron chi connectivity index (χ2n) is 4.23. The van der Waals surface area contributed by atoms with E-state index >= 15 is 0 Å². The second kappa shape index (κ2) is 5.03. The Balaban J connectivity index is 1.50. The third kappa shape index (κ3) is 2.37. The highest BCUT2D eigenvalue weighted by Crippen LogP contribution is 2.25. The molecule has 0 N–H and O–H groups in total. The maximum atomic E-state index is 5.31. The van der Waals surface area contributed by atoms with Gasteiger partial charge >= 0.3 is 0 Å². The van der Waals surface area contributed by atoms with Crippen LogP contribution in [0.5, 0.6) is 5.19 Å². The van der Waals surface area contributed by atoms with E-state index < -0.39 is 0 Å². The van der Waals surface area contributed by atoms with E-state index in [0.717, 1.165) is 24.6 Å². The van der Waals surface area contributed by atoms with Crippen molar-refractivity contribution in [1.29, 1.82) is 0 Å². The zero-order valence-corrected chi connectivity index (χ0v) is 11.0. The first kappa shape index (κ1) is 11.6. The number of aromatic nitrogens is 4. The Kier molecular flexibility index (Phi) is 3.24. The highest BCUT2D eigenvalue weighted by molar-refractivity contribution is 7.13. The fourth-order valence-corrected chi connectivity index (χ4v) is 2.80. The summed E-state index contributed by atoms with van der Waals surface area (Å²) in [4.78, 5) is 2.34. The highest BCUT2D eigenvalue weighted by Gasteiger charge is 2.29. The summed E-state index contributed by atoms with van der Waals surface area (Å²) in [7, 11) is 0. The Bertz CT molecular complexity index is 491. The van der Waals surface area contributed by atoms with Crippen LogP contribution in [0.4, 0.5) is 0 Å². The molecule has 2 aromatic rings. The first-order chi connectivity index (χ1) is 8.85. The van der Waals surface area contributed by atoms with Gasteiger partial charge in [0.1, 0.15) is 5.01 Å². The maximum absolute atomic E-state index is 5.31. The van der Waals surface area contributed by atoms with Gasteiger partial charge in [-0.15, -0.1) is 10.2 Å². The van der Waals surface area contributed by atoms with E-state index in [2.05, 4.69) is 20.2 Å². The van der Waals surface area contributed by atoms with E-state index in [4.69, 9.17) is 4.74 Å². The maximum Gasteiger partial charge on any atom is 0.294 e. The van der Waals surface area contributed by atoms with Gasteiger partial charge in [-0.25, -0.2) is 0 Å². The Morgan fingerprint density at radius 2 is 2.33 bits per heavy atom. The topological polar surface area (TPSA) is 56.1 Å². The number of hydrogen-bond donors (Lipinski definition) is 0. The molecule has 96 valence electrons. The molecule has 1 aliphatic rings. The lowest BCUT2D eigenvalue weighted by atomic mass is 10.1. The number of hydrogen-bond acceptors (Lipinski definition) is 6. The molecule has 2 aromatic heterocycles. The molecule has 18 heavy (non-hydrogen) atoms. The van der Waals surface area contributed by atoms with Crippen molar-refractivity contribution in [1.82, 2.24) is 24.9 Å². The van der Waals surface area contributed by atoms with Crippen LogP contribution in [0.3, 0.4) is 0 Å². The number of nitrogens with zero attached hydrogens (tertiary/aromatic N) is 5. The minimum Gasteiger partial charge on any atom is -0.469 e. The van der Waals surface area contributed by atoms with Crippen LogP contribution in [0, 0.1) is 0 Å². The van der Waals surface area contributed by atoms with Gasteiger partial charge in [0.15, 0.2) is 0 Å². The van der Waals surface area contributed by atoms with Gasteiger partial charge in [-0.2, -0.15) is 5.10 Å². The average Bonchev–Trinajstić information content (AvgIpc) is 2.94. The van der Waals surface area contributed by atoms with E-state index in [9.17, 15) is 0 Å².